The number of hydrogen-bond acceptors (Lipinski definition) is 3. The molecular weight excluding hydrogens is 260 g/mol. The number of likely N-dealkylation sites (tertiary alicyclic amines) is 1. The average Bonchev–Trinajstić information content (AvgIpc) is 2.99. The van der Waals surface area contributed by atoms with Crippen molar-refractivity contribution in [3.05, 3.63) is 29.3 Å². The van der Waals surface area contributed by atoms with Crippen molar-refractivity contribution in [3.63, 3.8) is 0 Å². The van der Waals surface area contributed by atoms with E-state index in [4.69, 9.17) is 4.74 Å². The van der Waals surface area contributed by atoms with Crippen LogP contribution in [0.2, 0.25) is 0 Å². The summed E-state index contributed by atoms with van der Waals surface area (Å²) in [4.78, 5) is 2.62. The highest BCUT2D eigenvalue weighted by atomic mass is 16.5. The first-order chi connectivity index (χ1) is 10.3. The molecule has 1 aromatic rings. The molecule has 0 aromatic heterocycles. The molecule has 116 valence electrons. The molecule has 0 atom stereocenters. The minimum absolute atomic E-state index is 0.748. The van der Waals surface area contributed by atoms with Gasteiger partial charge in [-0.25, -0.2) is 0 Å². The Morgan fingerprint density at radius 1 is 1.29 bits per heavy atom. The Balaban J connectivity index is 1.42. The van der Waals surface area contributed by atoms with Gasteiger partial charge in [-0.05, 0) is 62.5 Å². The molecular formula is C18H28N2O. The van der Waals surface area contributed by atoms with Crippen LogP contribution in [0.15, 0.2) is 18.2 Å². The van der Waals surface area contributed by atoms with E-state index in [0.717, 1.165) is 24.8 Å². The Hall–Kier alpha value is -1.06. The second-order valence-electron chi connectivity index (χ2n) is 6.36. The molecule has 21 heavy (non-hydrogen) atoms. The summed E-state index contributed by atoms with van der Waals surface area (Å²) in [5, 5.41) is 3.65. The van der Waals surface area contributed by atoms with Crippen LogP contribution >= 0.6 is 0 Å². The maximum absolute atomic E-state index is 5.57. The van der Waals surface area contributed by atoms with Crippen molar-refractivity contribution in [2.24, 2.45) is 0 Å². The zero-order valence-electron chi connectivity index (χ0n) is 13.2. The van der Waals surface area contributed by atoms with Crippen molar-refractivity contribution < 1.29 is 4.74 Å². The molecule has 1 saturated heterocycles. The predicted molar refractivity (Wildman–Crippen MR) is 87.1 cm³/mol. The molecule has 2 aliphatic heterocycles. The van der Waals surface area contributed by atoms with E-state index >= 15 is 0 Å². The topological polar surface area (TPSA) is 24.5 Å². The zero-order valence-corrected chi connectivity index (χ0v) is 13.2. The van der Waals surface area contributed by atoms with Crippen molar-refractivity contribution >= 4 is 0 Å². The van der Waals surface area contributed by atoms with Gasteiger partial charge in [-0.1, -0.05) is 19.1 Å². The van der Waals surface area contributed by atoms with Gasteiger partial charge in [0.1, 0.15) is 5.75 Å². The van der Waals surface area contributed by atoms with Crippen molar-refractivity contribution in [3.8, 4) is 5.75 Å². The van der Waals surface area contributed by atoms with Gasteiger partial charge in [-0.15, -0.1) is 0 Å². The van der Waals surface area contributed by atoms with E-state index in [0.29, 0.717) is 0 Å². The molecule has 2 aliphatic rings. The number of rotatable bonds is 6. The quantitative estimate of drug-likeness (QED) is 0.871. The second kappa shape index (κ2) is 7.28. The van der Waals surface area contributed by atoms with Crippen molar-refractivity contribution in [2.75, 3.05) is 32.8 Å². The van der Waals surface area contributed by atoms with Crippen LogP contribution in [0.1, 0.15) is 37.3 Å². The van der Waals surface area contributed by atoms with E-state index in [1.165, 1.54) is 63.0 Å². The monoisotopic (exact) mass is 288 g/mol. The number of nitrogens with one attached hydrogen (secondary N) is 1. The molecule has 1 N–H and O–H groups in total. The lowest BCUT2D eigenvalue weighted by atomic mass is 10.0. The third kappa shape index (κ3) is 3.98. The summed E-state index contributed by atoms with van der Waals surface area (Å²) in [6.45, 7) is 7.95. The minimum Gasteiger partial charge on any atom is -0.493 e. The van der Waals surface area contributed by atoms with Crippen molar-refractivity contribution in [1.82, 2.24) is 10.2 Å². The maximum atomic E-state index is 5.57. The average molecular weight is 288 g/mol. The largest absolute Gasteiger partial charge is 0.493 e. The number of benzene rings is 1. The zero-order chi connectivity index (χ0) is 14.5. The highest BCUT2D eigenvalue weighted by molar-refractivity contribution is 5.39. The number of ether oxygens (including phenoxy) is 1. The van der Waals surface area contributed by atoms with E-state index < -0.39 is 0 Å². The fraction of sp³-hybridized carbons (Fsp3) is 0.667. The van der Waals surface area contributed by atoms with Crippen LogP contribution in [0.4, 0.5) is 0 Å². The van der Waals surface area contributed by atoms with Gasteiger partial charge in [0.2, 0.25) is 0 Å². The highest BCUT2D eigenvalue weighted by Gasteiger charge is 2.18. The lowest BCUT2D eigenvalue weighted by Gasteiger charge is -2.32. The number of hydrogen-bond donors (Lipinski definition) is 1. The first kappa shape index (κ1) is 14.9. The molecule has 1 aromatic carbocycles. The lowest BCUT2D eigenvalue weighted by Crippen LogP contribution is -2.43. The molecule has 0 radical (unpaired) electrons. The molecule has 0 saturated carbocycles. The van der Waals surface area contributed by atoms with Crippen molar-refractivity contribution in [2.45, 2.75) is 45.1 Å². The first-order valence-electron chi connectivity index (χ1n) is 8.55. The summed E-state index contributed by atoms with van der Waals surface area (Å²) >= 11 is 0. The van der Waals surface area contributed by atoms with Crippen molar-refractivity contribution in [1.29, 1.82) is 0 Å². The molecule has 3 nitrogen and oxygen atoms in total. The standard InChI is InChI=1S/C18H28N2O/c1-2-9-19-17-6-11-20(12-7-17)10-5-15-3-4-18-16(14-15)8-13-21-18/h3-4,14,17,19H,2,5-13H2,1H3. The molecule has 0 aliphatic carbocycles. The van der Waals surface area contributed by atoms with Gasteiger partial charge in [0.15, 0.2) is 0 Å². The molecule has 2 heterocycles. The van der Waals surface area contributed by atoms with E-state index in [9.17, 15) is 0 Å². The number of piperidine rings is 1. The molecule has 3 heteroatoms. The molecule has 0 spiro atoms. The predicted octanol–water partition coefficient (Wildman–Crippen LogP) is 2.63. The smallest absolute Gasteiger partial charge is 0.122 e. The summed E-state index contributed by atoms with van der Waals surface area (Å²) in [7, 11) is 0. The Labute approximate surface area is 128 Å². The molecule has 3 rings (SSSR count). The fourth-order valence-corrected chi connectivity index (χ4v) is 3.39. The van der Waals surface area contributed by atoms with Crippen LogP contribution < -0.4 is 10.1 Å². The lowest BCUT2D eigenvalue weighted by molar-refractivity contribution is 0.200. The van der Waals surface area contributed by atoms with Crippen LogP contribution in [0.25, 0.3) is 0 Å². The molecule has 1 fully saturated rings. The highest BCUT2D eigenvalue weighted by Crippen LogP contribution is 2.26. The van der Waals surface area contributed by atoms with E-state index in [1.807, 2.05) is 0 Å². The maximum Gasteiger partial charge on any atom is 0.122 e. The summed E-state index contributed by atoms with van der Waals surface area (Å²) < 4.78 is 5.57. The summed E-state index contributed by atoms with van der Waals surface area (Å²) in [5.41, 5.74) is 2.86. The van der Waals surface area contributed by atoms with Crippen LogP contribution in [0.5, 0.6) is 5.75 Å². The van der Waals surface area contributed by atoms with Crippen LogP contribution in [-0.2, 0) is 12.8 Å². The van der Waals surface area contributed by atoms with E-state index in [1.54, 1.807) is 0 Å². The molecule has 0 bridgehead atoms. The fourth-order valence-electron chi connectivity index (χ4n) is 3.39. The number of nitrogens with zero attached hydrogens (tertiary/aromatic N) is 1. The summed E-state index contributed by atoms with van der Waals surface area (Å²) in [6, 6.07) is 7.48. The second-order valence-corrected chi connectivity index (χ2v) is 6.36. The SMILES string of the molecule is CCCNC1CCN(CCc2ccc3c(c2)CCO3)CC1. The van der Waals surface area contributed by atoms with Gasteiger partial charge in [0.25, 0.3) is 0 Å². The van der Waals surface area contributed by atoms with E-state index in [-0.39, 0.29) is 0 Å². The van der Waals surface area contributed by atoms with E-state index in [2.05, 4.69) is 35.3 Å². The van der Waals surface area contributed by atoms with Gasteiger partial charge in [0, 0.05) is 19.0 Å². The van der Waals surface area contributed by atoms with Gasteiger partial charge in [-0.3, -0.25) is 0 Å². The normalized spacial score (nSPS) is 19.5. The van der Waals surface area contributed by atoms with Gasteiger partial charge < -0.3 is 15.0 Å². The van der Waals surface area contributed by atoms with Crippen LogP contribution in [0, 0.1) is 0 Å². The van der Waals surface area contributed by atoms with Crippen LogP contribution in [0.3, 0.4) is 0 Å². The summed E-state index contributed by atoms with van der Waals surface area (Å²) in [5.74, 6) is 1.10. The van der Waals surface area contributed by atoms with Gasteiger partial charge in [0.05, 0.1) is 6.61 Å². The molecule has 0 amide bonds. The van der Waals surface area contributed by atoms with Gasteiger partial charge in [-0.2, -0.15) is 0 Å². The first-order valence-corrected chi connectivity index (χ1v) is 8.55. The Bertz CT molecular complexity index is 453. The third-order valence-corrected chi connectivity index (χ3v) is 4.74. The Morgan fingerprint density at radius 3 is 2.95 bits per heavy atom. The Morgan fingerprint density at radius 2 is 2.14 bits per heavy atom. The summed E-state index contributed by atoms with van der Waals surface area (Å²) in [6.07, 6.45) is 6.09. The van der Waals surface area contributed by atoms with Crippen LogP contribution in [-0.4, -0.2) is 43.7 Å². The number of fused-ring (bicyclic) bond motifs is 1. The Kier molecular flexibility index (Phi) is 5.15. The van der Waals surface area contributed by atoms with Gasteiger partial charge >= 0.3 is 0 Å². The minimum atomic E-state index is 0.748. The molecule has 0 unspecified atom stereocenters. The third-order valence-electron chi connectivity index (χ3n) is 4.74.